The van der Waals surface area contributed by atoms with Crippen molar-refractivity contribution < 1.29 is 34.1 Å². The molecule has 0 aromatic carbocycles. The van der Waals surface area contributed by atoms with Crippen molar-refractivity contribution in [1.82, 2.24) is 10.6 Å². The largest absolute Gasteiger partial charge is 0.480 e. The summed E-state index contributed by atoms with van der Waals surface area (Å²) in [6.45, 7) is 3.16. The van der Waals surface area contributed by atoms with E-state index in [-0.39, 0.29) is 24.8 Å². The summed E-state index contributed by atoms with van der Waals surface area (Å²) in [6, 6.07) is -1.42. The van der Waals surface area contributed by atoms with Crippen LogP contribution < -0.4 is 10.6 Å². The van der Waals surface area contributed by atoms with Crippen molar-refractivity contribution in [3.05, 3.63) is 122 Å². The average molecular weight is 859 g/mol. The van der Waals surface area contributed by atoms with E-state index in [9.17, 15) is 19.2 Å². The SMILES string of the molecule is CC/C=C\C/C=C\C/C=C\C/C=C\C/C=C\CCCCCCCCCC(=O)OC(/C=C\C/C=C\C/C=C\C/C=C\C/C=C\CC)CCCCC(=O)NCC(=O)NC(CO)C(=O)O. The molecule has 2 unspecified atom stereocenters. The number of hydrogen-bond acceptors (Lipinski definition) is 6. The smallest absolute Gasteiger partial charge is 0.328 e. The number of aliphatic hydroxyl groups is 1. The van der Waals surface area contributed by atoms with E-state index < -0.39 is 30.6 Å². The number of unbranched alkanes of at least 4 members (excludes halogenated alkanes) is 8. The Bertz CT molecular complexity index is 1450. The predicted molar refractivity (Wildman–Crippen MR) is 258 cm³/mol. The van der Waals surface area contributed by atoms with Crippen molar-refractivity contribution >= 4 is 23.8 Å². The molecular formula is C53H82N2O7. The predicted octanol–water partition coefficient (Wildman–Crippen LogP) is 12.2. The summed E-state index contributed by atoms with van der Waals surface area (Å²) in [7, 11) is 0. The zero-order valence-electron chi connectivity index (χ0n) is 38.3. The van der Waals surface area contributed by atoms with Gasteiger partial charge in [-0.25, -0.2) is 4.79 Å². The number of nitrogens with one attached hydrogen (secondary N) is 2. The fraction of sp³-hybridized carbons (Fsp3) is 0.547. The minimum atomic E-state index is -1.42. The van der Waals surface area contributed by atoms with Gasteiger partial charge in [-0.1, -0.05) is 161 Å². The van der Waals surface area contributed by atoms with E-state index in [2.05, 4.69) is 134 Å². The lowest BCUT2D eigenvalue weighted by molar-refractivity contribution is -0.147. The number of rotatable bonds is 40. The van der Waals surface area contributed by atoms with Gasteiger partial charge < -0.3 is 25.6 Å². The Labute approximate surface area is 375 Å². The number of carbonyl (C=O) groups excluding carboxylic acids is 3. The highest BCUT2D eigenvalue weighted by Gasteiger charge is 2.19. The summed E-state index contributed by atoms with van der Waals surface area (Å²) in [5, 5.41) is 22.6. The number of amides is 2. The molecule has 0 bridgehead atoms. The van der Waals surface area contributed by atoms with E-state index >= 15 is 0 Å². The number of allylic oxidation sites excluding steroid dienone is 19. The summed E-state index contributed by atoms with van der Waals surface area (Å²) < 4.78 is 5.86. The van der Waals surface area contributed by atoms with Gasteiger partial charge in [-0.2, -0.15) is 0 Å². The normalized spacial score (nSPS) is 13.6. The molecule has 9 nitrogen and oxygen atoms in total. The molecule has 0 aromatic rings. The van der Waals surface area contributed by atoms with Crippen molar-refractivity contribution in [2.24, 2.45) is 0 Å². The molecule has 62 heavy (non-hydrogen) atoms. The van der Waals surface area contributed by atoms with Crippen molar-refractivity contribution in [3.63, 3.8) is 0 Å². The van der Waals surface area contributed by atoms with Gasteiger partial charge in [-0.3, -0.25) is 14.4 Å². The fourth-order valence-corrected chi connectivity index (χ4v) is 5.92. The number of hydrogen-bond donors (Lipinski definition) is 4. The van der Waals surface area contributed by atoms with Crippen LogP contribution in [0, 0.1) is 0 Å². The first-order valence-electron chi connectivity index (χ1n) is 23.4. The van der Waals surface area contributed by atoms with Crippen molar-refractivity contribution in [2.75, 3.05) is 13.2 Å². The highest BCUT2D eigenvalue weighted by Crippen LogP contribution is 2.14. The first kappa shape index (κ1) is 57.2. The van der Waals surface area contributed by atoms with E-state index in [1.165, 1.54) is 25.7 Å². The van der Waals surface area contributed by atoms with Crippen molar-refractivity contribution in [3.8, 4) is 0 Å². The topological polar surface area (TPSA) is 142 Å². The lowest BCUT2D eigenvalue weighted by Crippen LogP contribution is -2.47. The van der Waals surface area contributed by atoms with Gasteiger partial charge in [0.15, 0.2) is 0 Å². The summed E-state index contributed by atoms with van der Waals surface area (Å²) in [5.41, 5.74) is 0. The maximum absolute atomic E-state index is 12.8. The number of aliphatic carboxylic acids is 1. The Morgan fingerprint density at radius 1 is 0.500 bits per heavy atom. The lowest BCUT2D eigenvalue weighted by Gasteiger charge is -2.15. The Morgan fingerprint density at radius 2 is 0.919 bits per heavy atom. The molecule has 0 aromatic heterocycles. The van der Waals surface area contributed by atoms with E-state index in [0.717, 1.165) is 89.9 Å². The Hall–Kier alpha value is -4.76. The standard InChI is InChI=1S/C53H82N2O7/c1-3-5-7-9-11-13-15-17-19-20-21-22-23-24-25-26-27-29-31-33-35-37-39-45-52(59)62-48(42-38-36-34-32-30-28-18-16-14-12-10-8-6-4-2)43-40-41-44-50(57)54-46-51(58)55-49(47-56)53(60)61/h5-8,11-14,17-19,21-22,24-25,28,32,34,38,42,48-49,56H,3-4,9-10,15-16,20,23,26-27,29-31,33,35-37,39-41,43-47H2,1-2H3,(H,54,57)(H,55,58)(H,60,61)/b7-5-,8-6-,13-11-,14-12-,19-17-,22-21-,25-24-,28-18-,34-32-,42-38-. The lowest BCUT2D eigenvalue weighted by atomic mass is 10.1. The molecule has 2 atom stereocenters. The quantitative estimate of drug-likeness (QED) is 0.0273. The molecule has 0 saturated carbocycles. The molecule has 0 fully saturated rings. The molecule has 0 saturated heterocycles. The first-order valence-corrected chi connectivity index (χ1v) is 23.4. The number of carboxylic acid groups (broad SMARTS) is 1. The monoisotopic (exact) mass is 859 g/mol. The van der Waals surface area contributed by atoms with Gasteiger partial charge in [-0.05, 0) is 109 Å². The molecule has 0 aliphatic carbocycles. The molecule has 0 aliphatic rings. The van der Waals surface area contributed by atoms with Gasteiger partial charge in [0.05, 0.1) is 13.2 Å². The van der Waals surface area contributed by atoms with Gasteiger partial charge in [0.25, 0.3) is 0 Å². The summed E-state index contributed by atoms with van der Waals surface area (Å²) >= 11 is 0. The van der Waals surface area contributed by atoms with E-state index in [1.807, 2.05) is 12.2 Å². The van der Waals surface area contributed by atoms with E-state index in [4.69, 9.17) is 14.9 Å². The minimum Gasteiger partial charge on any atom is -0.480 e. The molecule has 0 aliphatic heterocycles. The molecule has 0 spiro atoms. The fourth-order valence-electron chi connectivity index (χ4n) is 5.92. The third-order valence-corrected chi connectivity index (χ3v) is 9.44. The van der Waals surface area contributed by atoms with Gasteiger partial charge in [-0.15, -0.1) is 0 Å². The van der Waals surface area contributed by atoms with Crippen LogP contribution in [-0.2, 0) is 23.9 Å². The van der Waals surface area contributed by atoms with E-state index in [1.54, 1.807) is 0 Å². The second-order valence-electron chi connectivity index (χ2n) is 15.1. The molecule has 346 valence electrons. The average Bonchev–Trinajstić information content (AvgIpc) is 3.26. The van der Waals surface area contributed by atoms with Gasteiger partial charge in [0, 0.05) is 12.8 Å². The molecule has 0 radical (unpaired) electrons. The number of carboxylic acids is 1. The van der Waals surface area contributed by atoms with Crippen molar-refractivity contribution in [2.45, 2.75) is 174 Å². The summed E-state index contributed by atoms with van der Waals surface area (Å²) in [4.78, 5) is 47.9. The van der Waals surface area contributed by atoms with Crippen LogP contribution in [0.25, 0.3) is 0 Å². The van der Waals surface area contributed by atoms with Crippen LogP contribution in [0.3, 0.4) is 0 Å². The summed E-state index contributed by atoms with van der Waals surface area (Å²) in [5.74, 6) is -2.60. The van der Waals surface area contributed by atoms with Crippen molar-refractivity contribution in [1.29, 1.82) is 0 Å². The van der Waals surface area contributed by atoms with Crippen LogP contribution in [0.5, 0.6) is 0 Å². The van der Waals surface area contributed by atoms with E-state index in [0.29, 0.717) is 25.7 Å². The highest BCUT2D eigenvalue weighted by molar-refractivity contribution is 5.87. The molecule has 9 heteroatoms. The second kappa shape index (κ2) is 45.8. The number of carbonyl (C=O) groups is 4. The van der Waals surface area contributed by atoms with Crippen LogP contribution in [0.1, 0.15) is 162 Å². The Morgan fingerprint density at radius 3 is 1.39 bits per heavy atom. The van der Waals surface area contributed by atoms with Gasteiger partial charge >= 0.3 is 11.9 Å². The third kappa shape index (κ3) is 42.0. The third-order valence-electron chi connectivity index (χ3n) is 9.44. The molecule has 0 heterocycles. The van der Waals surface area contributed by atoms with Gasteiger partial charge in [0.1, 0.15) is 12.1 Å². The molecule has 4 N–H and O–H groups in total. The Balaban J connectivity index is 4.48. The van der Waals surface area contributed by atoms with Crippen LogP contribution in [0.15, 0.2) is 122 Å². The molecular weight excluding hydrogens is 777 g/mol. The maximum atomic E-state index is 12.8. The summed E-state index contributed by atoms with van der Waals surface area (Å²) in [6.07, 6.45) is 63.8. The first-order chi connectivity index (χ1) is 30.3. The zero-order chi connectivity index (χ0) is 45.4. The van der Waals surface area contributed by atoms with Crippen LogP contribution >= 0.6 is 0 Å². The zero-order valence-corrected chi connectivity index (χ0v) is 38.3. The maximum Gasteiger partial charge on any atom is 0.328 e. The number of esters is 1. The molecule has 2 amide bonds. The van der Waals surface area contributed by atoms with Crippen LogP contribution in [0.4, 0.5) is 0 Å². The minimum absolute atomic E-state index is 0.172. The highest BCUT2D eigenvalue weighted by atomic mass is 16.5. The Kier molecular flexibility index (Phi) is 42.2. The number of ether oxygens (including phenoxy) is 1. The van der Waals surface area contributed by atoms with Gasteiger partial charge in [0.2, 0.25) is 11.8 Å². The second-order valence-corrected chi connectivity index (χ2v) is 15.1. The number of aliphatic hydroxyl groups excluding tert-OH is 1. The van der Waals surface area contributed by atoms with Crippen LogP contribution in [0.2, 0.25) is 0 Å². The molecule has 0 rings (SSSR count). The van der Waals surface area contributed by atoms with Crippen LogP contribution in [-0.4, -0.2) is 59.3 Å².